The van der Waals surface area contributed by atoms with Crippen molar-refractivity contribution in [2.45, 2.75) is 56.1 Å². The Kier molecular flexibility index (Phi) is 7.59. The molecule has 0 radical (unpaired) electrons. The van der Waals surface area contributed by atoms with Crippen molar-refractivity contribution in [1.29, 1.82) is 0 Å². The van der Waals surface area contributed by atoms with Gasteiger partial charge in [-0.15, -0.1) is 0 Å². The first-order valence-electron chi connectivity index (χ1n) is 12.3. The minimum absolute atomic E-state index is 0.0271. The lowest BCUT2D eigenvalue weighted by atomic mass is 9.77. The van der Waals surface area contributed by atoms with Crippen LogP contribution in [0.2, 0.25) is 0 Å². The number of fused-ring (bicyclic) bond motifs is 1. The molecule has 2 aliphatic rings. The van der Waals surface area contributed by atoms with Crippen LogP contribution in [0, 0.1) is 17.2 Å². The minimum Gasteiger partial charge on any atom is -0.492 e. The molecule has 2 aromatic carbocycles. The van der Waals surface area contributed by atoms with Gasteiger partial charge in [0, 0.05) is 44.2 Å². The predicted molar refractivity (Wildman–Crippen MR) is 133 cm³/mol. The summed E-state index contributed by atoms with van der Waals surface area (Å²) in [5.41, 5.74) is -3.11. The molecule has 0 amide bonds. The van der Waals surface area contributed by atoms with E-state index in [4.69, 9.17) is 4.74 Å². The van der Waals surface area contributed by atoms with E-state index in [-0.39, 0.29) is 24.3 Å². The topological polar surface area (TPSA) is 87.2 Å². The molecule has 4 rings (SSSR count). The lowest BCUT2D eigenvalue weighted by molar-refractivity contribution is -0.148. The lowest BCUT2D eigenvalue weighted by Crippen LogP contribution is -2.45. The zero-order valence-electron chi connectivity index (χ0n) is 21.8. The van der Waals surface area contributed by atoms with Crippen molar-refractivity contribution in [2.75, 3.05) is 25.1 Å². The molecular weight excluding hydrogens is 566 g/mol. The maximum Gasteiger partial charge on any atom is 0.420 e. The number of ether oxygens (including phenoxy) is 1. The van der Waals surface area contributed by atoms with Crippen LogP contribution in [0.3, 0.4) is 0 Å². The monoisotopic (exact) mass is 594 g/mol. The number of aliphatic carboxylic acids is 1. The van der Waals surface area contributed by atoms with Crippen LogP contribution in [-0.4, -0.2) is 56.0 Å². The van der Waals surface area contributed by atoms with Crippen molar-refractivity contribution in [1.82, 2.24) is 4.31 Å². The van der Waals surface area contributed by atoms with Crippen LogP contribution >= 0.6 is 0 Å². The van der Waals surface area contributed by atoms with E-state index in [1.165, 1.54) is 37.9 Å². The smallest absolute Gasteiger partial charge is 0.420 e. The summed E-state index contributed by atoms with van der Waals surface area (Å²) >= 11 is 0. The second-order valence-corrected chi connectivity index (χ2v) is 12.9. The molecule has 0 spiro atoms. The van der Waals surface area contributed by atoms with Gasteiger partial charge in [-0.25, -0.2) is 21.6 Å². The summed E-state index contributed by atoms with van der Waals surface area (Å²) in [5.74, 6) is -6.21. The molecule has 1 saturated carbocycles. The number of carbonyl (C=O) groups is 1. The van der Waals surface area contributed by atoms with Crippen LogP contribution in [0.5, 0.6) is 5.75 Å². The number of hydrogen-bond acceptors (Lipinski definition) is 5. The van der Waals surface area contributed by atoms with Crippen LogP contribution in [0.25, 0.3) is 0 Å². The van der Waals surface area contributed by atoms with Crippen LogP contribution in [-0.2, 0) is 21.0 Å². The highest BCUT2D eigenvalue weighted by Crippen LogP contribution is 2.48. The van der Waals surface area contributed by atoms with Crippen LogP contribution < -0.4 is 9.64 Å². The standard InChI is InChI=1S/C26H28F6N2O5S/c1-24(2,23(35)36)14-39-21-10-22-20(9-19(21)26(30,31)32)34(17-6-4-16(27)5-7-17)13-18(33(3)40(22,37)38)8-15-11-25(28,29)12-15/h4-7,9-10,15,18H,8,11-14H2,1-3H3,(H,35,36)/t18-/m0/s1. The fourth-order valence-electron chi connectivity index (χ4n) is 4.83. The highest BCUT2D eigenvalue weighted by molar-refractivity contribution is 7.89. The molecule has 7 nitrogen and oxygen atoms in total. The molecular formula is C26H28F6N2O5S. The van der Waals surface area contributed by atoms with E-state index in [0.717, 1.165) is 16.4 Å². The van der Waals surface area contributed by atoms with E-state index in [9.17, 15) is 44.7 Å². The highest BCUT2D eigenvalue weighted by Gasteiger charge is 2.48. The van der Waals surface area contributed by atoms with Crippen molar-refractivity contribution >= 4 is 27.4 Å². The summed E-state index contributed by atoms with van der Waals surface area (Å²) in [5, 5.41) is 9.35. The summed E-state index contributed by atoms with van der Waals surface area (Å²) in [7, 11) is -3.28. The van der Waals surface area contributed by atoms with Crippen molar-refractivity contribution in [3.05, 3.63) is 47.8 Å². The van der Waals surface area contributed by atoms with E-state index >= 15 is 0 Å². The number of benzene rings is 2. The number of carboxylic acids is 1. The van der Waals surface area contributed by atoms with E-state index in [0.29, 0.717) is 12.1 Å². The van der Waals surface area contributed by atoms with Gasteiger partial charge in [-0.3, -0.25) is 4.79 Å². The molecule has 1 heterocycles. The molecule has 220 valence electrons. The second-order valence-electron chi connectivity index (χ2n) is 10.9. The molecule has 0 unspecified atom stereocenters. The number of anilines is 2. The van der Waals surface area contributed by atoms with Gasteiger partial charge in [-0.2, -0.15) is 17.5 Å². The molecule has 0 bridgehead atoms. The van der Waals surface area contributed by atoms with Crippen LogP contribution in [0.4, 0.5) is 37.7 Å². The van der Waals surface area contributed by atoms with Gasteiger partial charge in [0.25, 0.3) is 0 Å². The normalized spacial score (nSPS) is 21.3. The number of halogens is 6. The summed E-state index contributed by atoms with van der Waals surface area (Å²) in [6, 6.07) is 5.09. The number of hydrogen-bond donors (Lipinski definition) is 1. The molecule has 1 aliphatic carbocycles. The van der Waals surface area contributed by atoms with Gasteiger partial charge < -0.3 is 14.7 Å². The third kappa shape index (κ3) is 5.87. The quantitative estimate of drug-likeness (QED) is 0.401. The van der Waals surface area contributed by atoms with Crippen LogP contribution in [0.1, 0.15) is 38.7 Å². The van der Waals surface area contributed by atoms with Crippen molar-refractivity contribution < 1.29 is 49.4 Å². The van der Waals surface area contributed by atoms with Gasteiger partial charge in [0.2, 0.25) is 15.9 Å². The average molecular weight is 595 g/mol. The minimum atomic E-state index is -5.02. The first-order valence-corrected chi connectivity index (χ1v) is 13.8. The van der Waals surface area contributed by atoms with Gasteiger partial charge in [0.1, 0.15) is 23.1 Å². The fraction of sp³-hybridized carbons (Fsp3) is 0.500. The fourth-order valence-corrected chi connectivity index (χ4v) is 6.37. The van der Waals surface area contributed by atoms with E-state index in [2.05, 4.69) is 0 Å². The lowest BCUT2D eigenvalue weighted by Gasteiger charge is -2.39. The molecule has 2 aromatic rings. The molecule has 1 N–H and O–H groups in total. The van der Waals surface area contributed by atoms with Crippen molar-refractivity contribution in [2.24, 2.45) is 11.3 Å². The molecule has 14 heteroatoms. The SMILES string of the molecule is CN1[C@@H](CC2CC(F)(F)C2)CN(c2ccc(F)cc2)c2cc(C(F)(F)F)c(OCC(C)(C)C(=O)O)cc2S1(=O)=O. The molecule has 0 saturated heterocycles. The molecule has 1 fully saturated rings. The molecule has 1 aliphatic heterocycles. The summed E-state index contributed by atoms with van der Waals surface area (Å²) in [6.45, 7) is 1.59. The van der Waals surface area contributed by atoms with Gasteiger partial charge in [-0.05, 0) is 56.5 Å². The maximum atomic E-state index is 14.2. The molecule has 1 atom stereocenters. The first-order chi connectivity index (χ1) is 18.3. The van der Waals surface area contributed by atoms with Gasteiger partial charge >= 0.3 is 12.1 Å². The molecule has 0 aromatic heterocycles. The second kappa shape index (κ2) is 10.1. The zero-order valence-corrected chi connectivity index (χ0v) is 22.6. The van der Waals surface area contributed by atoms with Crippen molar-refractivity contribution in [3.8, 4) is 5.75 Å². The summed E-state index contributed by atoms with van der Waals surface area (Å²) in [4.78, 5) is 12.2. The Morgan fingerprint density at radius 3 is 2.25 bits per heavy atom. The van der Waals surface area contributed by atoms with Gasteiger partial charge in [0.05, 0.1) is 16.7 Å². The largest absolute Gasteiger partial charge is 0.492 e. The van der Waals surface area contributed by atoms with E-state index in [1.807, 2.05) is 0 Å². The van der Waals surface area contributed by atoms with Gasteiger partial charge in [-0.1, -0.05) is 0 Å². The van der Waals surface area contributed by atoms with Crippen LogP contribution in [0.15, 0.2) is 41.3 Å². The van der Waals surface area contributed by atoms with E-state index in [1.54, 1.807) is 0 Å². The number of rotatable bonds is 7. The Balaban J connectivity index is 1.87. The summed E-state index contributed by atoms with van der Waals surface area (Å²) < 4.78 is 117. The third-order valence-electron chi connectivity index (χ3n) is 7.31. The predicted octanol–water partition coefficient (Wildman–Crippen LogP) is 5.91. The highest BCUT2D eigenvalue weighted by atomic mass is 32.2. The van der Waals surface area contributed by atoms with Gasteiger partial charge in [0.15, 0.2) is 0 Å². The Bertz CT molecular complexity index is 1390. The molecule has 40 heavy (non-hydrogen) atoms. The van der Waals surface area contributed by atoms with E-state index < -0.39 is 86.9 Å². The Morgan fingerprint density at radius 1 is 1.12 bits per heavy atom. The number of nitrogens with zero attached hydrogens (tertiary/aromatic N) is 2. The first kappa shape index (κ1) is 30.0. The average Bonchev–Trinajstić information content (AvgIpc) is 2.90. The number of sulfonamides is 1. The Hall–Kier alpha value is -3.00. The Labute approximate surface area is 227 Å². The number of carboxylic acid groups (broad SMARTS) is 1. The number of alkyl halides is 5. The van der Waals surface area contributed by atoms with Crippen molar-refractivity contribution in [3.63, 3.8) is 0 Å². The Morgan fingerprint density at radius 2 is 1.73 bits per heavy atom. The summed E-state index contributed by atoms with van der Waals surface area (Å²) in [6.07, 6.45) is -5.86. The maximum absolute atomic E-state index is 14.2. The zero-order chi connectivity index (χ0) is 29.8. The third-order valence-corrected chi connectivity index (χ3v) is 9.25. The number of likely N-dealkylation sites (N-methyl/N-ethyl adjacent to an activating group) is 1.